The molecule has 0 amide bonds. The molecule has 0 saturated carbocycles. The molecule has 116 valence electrons. The Labute approximate surface area is 133 Å². The summed E-state index contributed by atoms with van der Waals surface area (Å²) in [6, 6.07) is 16.0. The number of hydrogen-bond acceptors (Lipinski definition) is 5. The van der Waals surface area contributed by atoms with Gasteiger partial charge in [0.2, 0.25) is 5.95 Å². The second kappa shape index (κ2) is 6.02. The Hall–Kier alpha value is -2.99. The monoisotopic (exact) mass is 307 g/mol. The second-order valence-electron chi connectivity index (χ2n) is 5.22. The summed E-state index contributed by atoms with van der Waals surface area (Å²) in [5, 5.41) is 0. The van der Waals surface area contributed by atoms with E-state index in [9.17, 15) is 4.79 Å². The number of anilines is 1. The number of nitrogens with zero attached hydrogens (tertiary/aromatic N) is 3. The maximum absolute atomic E-state index is 11.9. The minimum atomic E-state index is -0.403. The number of benzene rings is 2. The SMILES string of the molecule is Cc1ccccc1-n1c(C)nc(NN)nc1=O.c1cc2ccc1-2. The molecule has 0 saturated heterocycles. The van der Waals surface area contributed by atoms with E-state index in [0.29, 0.717) is 5.82 Å². The Bertz CT molecular complexity index is 879. The highest BCUT2D eigenvalue weighted by atomic mass is 16.1. The van der Waals surface area contributed by atoms with Gasteiger partial charge < -0.3 is 0 Å². The summed E-state index contributed by atoms with van der Waals surface area (Å²) >= 11 is 0. The summed E-state index contributed by atoms with van der Waals surface area (Å²) in [6.07, 6.45) is 0. The third-order valence-electron chi connectivity index (χ3n) is 3.69. The van der Waals surface area contributed by atoms with Gasteiger partial charge in [0.1, 0.15) is 5.82 Å². The van der Waals surface area contributed by atoms with E-state index in [2.05, 4.69) is 39.7 Å². The minimum absolute atomic E-state index is 0.123. The van der Waals surface area contributed by atoms with Crippen LogP contribution in [0.2, 0.25) is 0 Å². The van der Waals surface area contributed by atoms with Crippen LogP contribution in [0.15, 0.2) is 53.3 Å². The van der Waals surface area contributed by atoms with Gasteiger partial charge in [0.25, 0.3) is 0 Å². The van der Waals surface area contributed by atoms with Crippen molar-refractivity contribution >= 4 is 5.95 Å². The van der Waals surface area contributed by atoms with E-state index < -0.39 is 5.69 Å². The molecule has 6 nitrogen and oxygen atoms in total. The number of hydrogen-bond donors (Lipinski definition) is 2. The molecule has 3 N–H and O–H groups in total. The number of aryl methyl sites for hydroxylation is 2. The van der Waals surface area contributed by atoms with Crippen LogP contribution in [0.4, 0.5) is 5.95 Å². The molecule has 4 rings (SSSR count). The Morgan fingerprint density at radius 1 is 0.957 bits per heavy atom. The highest BCUT2D eigenvalue weighted by Crippen LogP contribution is 2.29. The van der Waals surface area contributed by atoms with Crippen LogP contribution in [0.25, 0.3) is 16.8 Å². The lowest BCUT2D eigenvalue weighted by atomic mass is 9.95. The fourth-order valence-electron chi connectivity index (χ4n) is 2.33. The van der Waals surface area contributed by atoms with Crippen molar-refractivity contribution in [3.63, 3.8) is 0 Å². The lowest BCUT2D eigenvalue weighted by Gasteiger charge is -2.11. The van der Waals surface area contributed by atoms with E-state index in [1.807, 2.05) is 31.2 Å². The van der Waals surface area contributed by atoms with Gasteiger partial charge in [-0.25, -0.2) is 15.2 Å². The molecule has 0 aliphatic heterocycles. The number of para-hydroxylation sites is 1. The molecule has 0 atom stereocenters. The normalized spacial score (nSPS) is 10.6. The quantitative estimate of drug-likeness (QED) is 0.438. The average molecular weight is 307 g/mol. The van der Waals surface area contributed by atoms with Gasteiger partial charge in [-0.05, 0) is 36.6 Å². The Kier molecular flexibility index (Phi) is 3.91. The largest absolute Gasteiger partial charge is 0.356 e. The number of hydrazine groups is 1. The highest BCUT2D eigenvalue weighted by molar-refractivity contribution is 5.75. The third kappa shape index (κ3) is 2.84. The van der Waals surface area contributed by atoms with E-state index in [-0.39, 0.29) is 5.95 Å². The van der Waals surface area contributed by atoms with Gasteiger partial charge in [-0.15, -0.1) is 0 Å². The lowest BCUT2D eigenvalue weighted by Crippen LogP contribution is -2.28. The van der Waals surface area contributed by atoms with Gasteiger partial charge in [-0.3, -0.25) is 5.43 Å². The second-order valence-corrected chi connectivity index (χ2v) is 5.22. The van der Waals surface area contributed by atoms with Gasteiger partial charge in [0.05, 0.1) is 5.69 Å². The third-order valence-corrected chi connectivity index (χ3v) is 3.69. The maximum Gasteiger partial charge on any atom is 0.356 e. The van der Waals surface area contributed by atoms with E-state index in [1.165, 1.54) is 15.7 Å². The van der Waals surface area contributed by atoms with Crippen LogP contribution >= 0.6 is 0 Å². The van der Waals surface area contributed by atoms with Gasteiger partial charge in [0.15, 0.2) is 0 Å². The van der Waals surface area contributed by atoms with Crippen LogP contribution in [-0.4, -0.2) is 14.5 Å². The number of nitrogens with one attached hydrogen (secondary N) is 1. The van der Waals surface area contributed by atoms with Crippen LogP contribution in [0.5, 0.6) is 0 Å². The number of aromatic nitrogens is 3. The topological polar surface area (TPSA) is 85.8 Å². The molecular formula is C17H17N5O. The molecule has 0 unspecified atom stereocenters. The maximum atomic E-state index is 11.9. The zero-order valence-corrected chi connectivity index (χ0v) is 12.9. The first-order valence-corrected chi connectivity index (χ1v) is 7.21. The lowest BCUT2D eigenvalue weighted by molar-refractivity contribution is 0.806. The molecule has 2 aliphatic rings. The van der Waals surface area contributed by atoms with Crippen molar-refractivity contribution in [1.82, 2.24) is 14.5 Å². The van der Waals surface area contributed by atoms with Crippen LogP contribution in [-0.2, 0) is 0 Å². The van der Waals surface area contributed by atoms with Crippen molar-refractivity contribution in [2.24, 2.45) is 5.84 Å². The van der Waals surface area contributed by atoms with Gasteiger partial charge >= 0.3 is 5.69 Å². The summed E-state index contributed by atoms with van der Waals surface area (Å²) in [5.74, 6) is 5.84. The molecule has 1 aromatic carbocycles. The van der Waals surface area contributed by atoms with E-state index in [0.717, 1.165) is 11.3 Å². The highest BCUT2D eigenvalue weighted by Gasteiger charge is 2.09. The molecule has 0 bridgehead atoms. The number of rotatable bonds is 2. The molecule has 1 aromatic heterocycles. The summed E-state index contributed by atoms with van der Waals surface area (Å²) in [5.41, 5.74) is 6.47. The summed E-state index contributed by atoms with van der Waals surface area (Å²) in [7, 11) is 0. The zero-order chi connectivity index (χ0) is 16.4. The fourth-order valence-corrected chi connectivity index (χ4v) is 2.33. The van der Waals surface area contributed by atoms with Crippen LogP contribution in [0.1, 0.15) is 11.4 Å². The van der Waals surface area contributed by atoms with E-state index in [1.54, 1.807) is 6.92 Å². The van der Waals surface area contributed by atoms with E-state index in [4.69, 9.17) is 5.84 Å². The van der Waals surface area contributed by atoms with E-state index >= 15 is 0 Å². The fraction of sp³-hybridized carbons (Fsp3) is 0.118. The smallest absolute Gasteiger partial charge is 0.292 e. The van der Waals surface area contributed by atoms with Gasteiger partial charge in [-0.2, -0.15) is 9.97 Å². The molecule has 1 heterocycles. The molecule has 0 fully saturated rings. The molecule has 6 heteroatoms. The first-order chi connectivity index (χ1) is 11.1. The Morgan fingerprint density at radius 3 is 2.00 bits per heavy atom. The molecule has 2 aromatic rings. The number of nitrogens with two attached hydrogens (primary N) is 1. The van der Waals surface area contributed by atoms with Crippen molar-refractivity contribution < 1.29 is 0 Å². The summed E-state index contributed by atoms with van der Waals surface area (Å²) in [4.78, 5) is 19.7. The van der Waals surface area contributed by atoms with Gasteiger partial charge in [-0.1, -0.05) is 42.5 Å². The standard InChI is InChI=1S/C11H13N5O.C6H4/c1-7-5-3-4-6-9(7)16-8(2)13-10(15-12)14-11(16)17;1-2-6-4-3-5(1)6/h3-6H,12H2,1-2H3,(H,14,15,17);1-4H. The summed E-state index contributed by atoms with van der Waals surface area (Å²) in [6.45, 7) is 3.66. The van der Waals surface area contributed by atoms with Crippen molar-refractivity contribution in [3.8, 4) is 16.8 Å². The van der Waals surface area contributed by atoms with Gasteiger partial charge in [0, 0.05) is 0 Å². The van der Waals surface area contributed by atoms with Crippen LogP contribution in [0, 0.1) is 13.8 Å². The first kappa shape index (κ1) is 14.9. The summed E-state index contributed by atoms with van der Waals surface area (Å²) < 4.78 is 1.45. The van der Waals surface area contributed by atoms with Crippen molar-refractivity contribution in [2.75, 3.05) is 5.43 Å². The molecule has 0 radical (unpaired) electrons. The van der Waals surface area contributed by atoms with Crippen molar-refractivity contribution in [3.05, 3.63) is 70.4 Å². The number of fused-ring (bicyclic) bond motifs is 1. The average Bonchev–Trinajstić information content (AvgIpc) is 2.52. The number of nitrogen functional groups attached to an aromatic ring is 1. The van der Waals surface area contributed by atoms with Crippen LogP contribution in [0.3, 0.4) is 0 Å². The van der Waals surface area contributed by atoms with Crippen molar-refractivity contribution in [1.29, 1.82) is 0 Å². The van der Waals surface area contributed by atoms with Crippen molar-refractivity contribution in [2.45, 2.75) is 13.8 Å². The predicted octanol–water partition coefficient (Wildman–Crippen LogP) is 2.20. The Morgan fingerprint density at radius 2 is 1.57 bits per heavy atom. The molecule has 2 aliphatic carbocycles. The molecule has 0 spiro atoms. The first-order valence-electron chi connectivity index (χ1n) is 7.21. The minimum Gasteiger partial charge on any atom is -0.292 e. The predicted molar refractivity (Wildman–Crippen MR) is 90.3 cm³/mol. The molecular weight excluding hydrogens is 290 g/mol. The molecule has 23 heavy (non-hydrogen) atoms. The van der Waals surface area contributed by atoms with Crippen LogP contribution < -0.4 is 17.0 Å². The zero-order valence-electron chi connectivity index (χ0n) is 12.9. The Balaban J connectivity index is 0.000000213.